The summed E-state index contributed by atoms with van der Waals surface area (Å²) in [5.41, 5.74) is 1.54. The standard InChI is InChI=1S/C21H35N/c1-5-7-8-9-10-11-15-18-21(3,4)22(6-2)19-20-16-13-12-14-17-20/h6,12-14,16-17H,2,5,7-11,15,18-19H2,1,3-4H3. The molecule has 0 saturated heterocycles. The lowest BCUT2D eigenvalue weighted by Crippen LogP contribution is -2.39. The molecule has 0 aliphatic rings. The van der Waals surface area contributed by atoms with E-state index in [1.807, 2.05) is 6.20 Å². The van der Waals surface area contributed by atoms with Crippen molar-refractivity contribution in [3.8, 4) is 0 Å². The fourth-order valence-electron chi connectivity index (χ4n) is 2.96. The van der Waals surface area contributed by atoms with Crippen LogP contribution in [0.4, 0.5) is 0 Å². The van der Waals surface area contributed by atoms with E-state index >= 15 is 0 Å². The highest BCUT2D eigenvalue weighted by Gasteiger charge is 2.23. The topological polar surface area (TPSA) is 3.24 Å². The van der Waals surface area contributed by atoms with Gasteiger partial charge in [-0.15, -0.1) is 0 Å². The number of hydrogen-bond acceptors (Lipinski definition) is 1. The molecule has 0 aromatic heterocycles. The van der Waals surface area contributed by atoms with Crippen molar-refractivity contribution in [2.75, 3.05) is 0 Å². The molecule has 22 heavy (non-hydrogen) atoms. The predicted molar refractivity (Wildman–Crippen MR) is 98.9 cm³/mol. The third-order valence-electron chi connectivity index (χ3n) is 4.59. The van der Waals surface area contributed by atoms with Gasteiger partial charge in [0.1, 0.15) is 0 Å². The molecule has 1 heteroatoms. The summed E-state index contributed by atoms with van der Waals surface area (Å²) in [7, 11) is 0. The van der Waals surface area contributed by atoms with Gasteiger partial charge in [-0.3, -0.25) is 0 Å². The zero-order chi connectivity index (χ0) is 16.3. The van der Waals surface area contributed by atoms with Crippen LogP contribution in [0.1, 0.15) is 77.7 Å². The number of hydrogen-bond donors (Lipinski definition) is 0. The van der Waals surface area contributed by atoms with Gasteiger partial charge in [-0.1, -0.05) is 88.8 Å². The minimum atomic E-state index is 0.182. The van der Waals surface area contributed by atoms with Crippen molar-refractivity contribution in [3.05, 3.63) is 48.7 Å². The zero-order valence-corrected chi connectivity index (χ0v) is 15.0. The van der Waals surface area contributed by atoms with Crippen LogP contribution in [0.5, 0.6) is 0 Å². The van der Waals surface area contributed by atoms with Crippen molar-refractivity contribution in [2.45, 2.75) is 84.2 Å². The first-order chi connectivity index (χ1) is 10.6. The van der Waals surface area contributed by atoms with Gasteiger partial charge in [0.2, 0.25) is 0 Å². The van der Waals surface area contributed by atoms with E-state index in [1.165, 1.54) is 56.9 Å². The fraction of sp³-hybridized carbons (Fsp3) is 0.619. The van der Waals surface area contributed by atoms with Crippen LogP contribution in [-0.2, 0) is 6.54 Å². The van der Waals surface area contributed by atoms with E-state index in [9.17, 15) is 0 Å². The maximum Gasteiger partial charge on any atom is 0.0429 e. The monoisotopic (exact) mass is 301 g/mol. The molecule has 0 aliphatic carbocycles. The minimum Gasteiger partial charge on any atom is -0.369 e. The Morgan fingerprint density at radius 2 is 1.55 bits per heavy atom. The Hall–Kier alpha value is -1.24. The molecule has 0 spiro atoms. The van der Waals surface area contributed by atoms with Gasteiger partial charge in [0.15, 0.2) is 0 Å². The highest BCUT2D eigenvalue weighted by molar-refractivity contribution is 5.15. The fourth-order valence-corrected chi connectivity index (χ4v) is 2.96. The summed E-state index contributed by atoms with van der Waals surface area (Å²) in [5.74, 6) is 0. The highest BCUT2D eigenvalue weighted by atomic mass is 15.2. The molecular weight excluding hydrogens is 266 g/mol. The summed E-state index contributed by atoms with van der Waals surface area (Å²) >= 11 is 0. The van der Waals surface area contributed by atoms with E-state index in [0.717, 1.165) is 6.54 Å². The lowest BCUT2D eigenvalue weighted by atomic mass is 9.93. The van der Waals surface area contributed by atoms with E-state index in [-0.39, 0.29) is 5.54 Å². The van der Waals surface area contributed by atoms with Crippen molar-refractivity contribution < 1.29 is 0 Å². The SMILES string of the molecule is C=CN(Cc1ccccc1)C(C)(C)CCCCCCCCC. The molecule has 0 fully saturated rings. The van der Waals surface area contributed by atoms with E-state index in [2.05, 4.69) is 62.6 Å². The highest BCUT2D eigenvalue weighted by Crippen LogP contribution is 2.25. The van der Waals surface area contributed by atoms with Crippen LogP contribution in [0.15, 0.2) is 43.1 Å². The van der Waals surface area contributed by atoms with Crippen LogP contribution in [-0.4, -0.2) is 10.4 Å². The summed E-state index contributed by atoms with van der Waals surface area (Å²) in [4.78, 5) is 2.39. The molecule has 0 saturated carbocycles. The van der Waals surface area contributed by atoms with Crippen LogP contribution >= 0.6 is 0 Å². The van der Waals surface area contributed by atoms with Crippen LogP contribution in [0, 0.1) is 0 Å². The molecule has 1 aromatic rings. The van der Waals surface area contributed by atoms with E-state index in [1.54, 1.807) is 0 Å². The van der Waals surface area contributed by atoms with Crippen molar-refractivity contribution >= 4 is 0 Å². The van der Waals surface area contributed by atoms with Crippen molar-refractivity contribution in [1.29, 1.82) is 0 Å². The molecule has 0 bridgehead atoms. The van der Waals surface area contributed by atoms with Crippen molar-refractivity contribution in [2.24, 2.45) is 0 Å². The van der Waals surface area contributed by atoms with Gasteiger partial charge in [0.05, 0.1) is 0 Å². The molecule has 1 nitrogen and oxygen atoms in total. The average Bonchev–Trinajstić information content (AvgIpc) is 2.52. The molecule has 0 aliphatic heterocycles. The second kappa shape index (κ2) is 10.5. The van der Waals surface area contributed by atoms with E-state index in [4.69, 9.17) is 0 Å². The van der Waals surface area contributed by atoms with Gasteiger partial charge in [-0.05, 0) is 32.0 Å². The molecule has 1 aromatic carbocycles. The summed E-state index contributed by atoms with van der Waals surface area (Å²) < 4.78 is 0. The Kier molecular flexibility index (Phi) is 8.96. The summed E-state index contributed by atoms with van der Waals surface area (Å²) in [6, 6.07) is 10.7. The first kappa shape index (κ1) is 18.8. The summed E-state index contributed by atoms with van der Waals surface area (Å²) in [6.45, 7) is 11.9. The van der Waals surface area contributed by atoms with Crippen LogP contribution in [0.2, 0.25) is 0 Å². The summed E-state index contributed by atoms with van der Waals surface area (Å²) in [5, 5.41) is 0. The molecule has 0 atom stereocenters. The molecule has 0 radical (unpaired) electrons. The van der Waals surface area contributed by atoms with Gasteiger partial charge in [-0.2, -0.15) is 0 Å². The normalized spacial score (nSPS) is 11.4. The summed E-state index contributed by atoms with van der Waals surface area (Å²) in [6.07, 6.45) is 12.9. The Bertz CT molecular complexity index is 394. The molecule has 124 valence electrons. The van der Waals surface area contributed by atoms with E-state index < -0.39 is 0 Å². The lowest BCUT2D eigenvalue weighted by molar-refractivity contribution is 0.160. The lowest BCUT2D eigenvalue weighted by Gasteiger charge is -2.38. The van der Waals surface area contributed by atoms with Crippen molar-refractivity contribution in [3.63, 3.8) is 0 Å². The maximum absolute atomic E-state index is 4.03. The van der Waals surface area contributed by atoms with E-state index in [0.29, 0.717) is 0 Å². The largest absolute Gasteiger partial charge is 0.369 e. The van der Waals surface area contributed by atoms with Gasteiger partial charge < -0.3 is 4.90 Å². The molecule has 0 unspecified atom stereocenters. The predicted octanol–water partition coefficient (Wildman–Crippen LogP) is 6.55. The molecule has 0 amide bonds. The van der Waals surface area contributed by atoms with Gasteiger partial charge >= 0.3 is 0 Å². The second-order valence-electron chi connectivity index (χ2n) is 6.98. The van der Waals surface area contributed by atoms with Gasteiger partial charge in [-0.25, -0.2) is 0 Å². The molecular formula is C21H35N. The van der Waals surface area contributed by atoms with Crippen LogP contribution in [0.25, 0.3) is 0 Å². The Balaban J connectivity index is 2.34. The first-order valence-corrected chi connectivity index (χ1v) is 9.03. The van der Waals surface area contributed by atoms with Gasteiger partial charge in [0.25, 0.3) is 0 Å². The zero-order valence-electron chi connectivity index (χ0n) is 15.0. The maximum atomic E-state index is 4.03. The number of nitrogens with zero attached hydrogens (tertiary/aromatic N) is 1. The Morgan fingerprint density at radius 1 is 0.955 bits per heavy atom. The van der Waals surface area contributed by atoms with Crippen LogP contribution < -0.4 is 0 Å². The number of rotatable bonds is 12. The Morgan fingerprint density at radius 3 is 2.14 bits per heavy atom. The molecule has 1 rings (SSSR count). The molecule has 0 heterocycles. The average molecular weight is 302 g/mol. The smallest absolute Gasteiger partial charge is 0.0429 e. The minimum absolute atomic E-state index is 0.182. The third kappa shape index (κ3) is 7.15. The van der Waals surface area contributed by atoms with Gasteiger partial charge in [0, 0.05) is 12.1 Å². The first-order valence-electron chi connectivity index (χ1n) is 9.03. The number of benzene rings is 1. The second-order valence-corrected chi connectivity index (χ2v) is 6.98. The third-order valence-corrected chi connectivity index (χ3v) is 4.59. The Labute approximate surface area is 138 Å². The molecule has 0 N–H and O–H groups in total. The quantitative estimate of drug-likeness (QED) is 0.396. The van der Waals surface area contributed by atoms with Crippen LogP contribution in [0.3, 0.4) is 0 Å². The number of unbranched alkanes of at least 4 members (excludes halogenated alkanes) is 6. The van der Waals surface area contributed by atoms with Crippen molar-refractivity contribution in [1.82, 2.24) is 4.90 Å².